The third-order valence-corrected chi connectivity index (χ3v) is 12.4. The number of nitrogens with two attached hydrogens (primary N) is 1. The maximum absolute atomic E-state index is 13.5. The van der Waals surface area contributed by atoms with Crippen LogP contribution in [0.3, 0.4) is 0 Å². The molecule has 0 spiro atoms. The van der Waals surface area contributed by atoms with E-state index >= 15 is 0 Å². The van der Waals surface area contributed by atoms with Crippen molar-refractivity contribution in [3.8, 4) is 5.75 Å². The lowest BCUT2D eigenvalue weighted by Gasteiger charge is -2.48. The van der Waals surface area contributed by atoms with Crippen LogP contribution in [0.2, 0.25) is 0 Å². The van der Waals surface area contributed by atoms with Crippen molar-refractivity contribution in [1.82, 2.24) is 25.6 Å². The Hall–Kier alpha value is -4.33. The Balaban J connectivity index is 1.20. The van der Waals surface area contributed by atoms with Crippen molar-refractivity contribution < 1.29 is 99.0 Å². The standard InChI is InChI=1S/C42H62N6O20/c1-18-10-21(11-19(2)29(18)53)38(60)44-13-24(51)30(54)37-28(45-27(52)15-48-14-22(46-47-48)20-6-4-3-5-7-20)23(50)12-42(68-37,41(61)62)64-17-26-31(55)32(56)34(58)40(66-26)67-36-25(16-49)65-39(63-9-8-43)35(59)33(36)57/h3-4,10-11,14,20,23-26,28,30-37,39-40,49-51,53-59H,5-9,12-13,15-17,43H2,1-2H3,(H,44,60)(H,45,52)(H,61,62)/t20-,23+,24-,25-,26-,28-,30-,31+,32+,33-,34-,35-,36-,37-,39-,40+,42-/m1/s1. The normalized spacial score (nSPS) is 35.1. The van der Waals surface area contributed by atoms with Crippen molar-refractivity contribution in [3.05, 3.63) is 52.9 Å². The number of carboxylic acids is 1. The molecule has 68 heavy (non-hydrogen) atoms. The van der Waals surface area contributed by atoms with Crippen LogP contribution in [-0.4, -0.2) is 220 Å². The van der Waals surface area contributed by atoms with Crippen molar-refractivity contribution >= 4 is 17.8 Å². The first-order chi connectivity index (χ1) is 32.3. The molecule has 3 fully saturated rings. The molecule has 26 heteroatoms. The smallest absolute Gasteiger partial charge is 0.364 e. The molecule has 6 rings (SSSR count). The summed E-state index contributed by atoms with van der Waals surface area (Å²) in [6.07, 6.45) is -19.1. The molecule has 15 N–H and O–H groups in total. The number of phenols is 1. The highest BCUT2D eigenvalue weighted by Crippen LogP contribution is 2.36. The van der Waals surface area contributed by atoms with Gasteiger partial charge in [0.1, 0.15) is 73.3 Å². The SMILES string of the molecule is Cc1cc(C(=O)NC[C@@H](O)[C@@H](O)[C@@H]2O[C@@](OC[C@H]3O[C@@H](O[C@H]4[C@H](O)[C@@H](O)[C@H](OCCN)O[C@@H]4CO)[C@H](O)[C@@H](O)[C@H]3O)(C(=O)O)C[C@H](O)[C@H]2NC(=O)Cn2cc([C@@H]3CC=CCC3)nn2)cc(C)c1O. The highest BCUT2D eigenvalue weighted by Gasteiger charge is 2.57. The highest BCUT2D eigenvalue weighted by molar-refractivity contribution is 5.95. The summed E-state index contributed by atoms with van der Waals surface area (Å²) in [5.74, 6) is -6.38. The number of hydrogen-bond acceptors (Lipinski definition) is 22. The number of carboxylic acid groups (broad SMARTS) is 1. The Morgan fingerprint density at radius 3 is 2.31 bits per heavy atom. The fraction of sp³-hybridized carbons (Fsp3) is 0.690. The number of aryl methyl sites for hydroxylation is 2. The van der Waals surface area contributed by atoms with Crippen LogP contribution in [0.5, 0.6) is 5.75 Å². The molecule has 380 valence electrons. The maximum Gasteiger partial charge on any atom is 0.364 e. The number of rotatable bonds is 19. The summed E-state index contributed by atoms with van der Waals surface area (Å²) in [6.45, 7) is 0.0909. The van der Waals surface area contributed by atoms with Gasteiger partial charge in [-0.15, -0.1) is 5.10 Å². The summed E-state index contributed by atoms with van der Waals surface area (Å²) in [5.41, 5.74) is 6.94. The van der Waals surface area contributed by atoms with E-state index in [1.807, 2.05) is 6.08 Å². The number of benzene rings is 1. The van der Waals surface area contributed by atoms with Gasteiger partial charge in [0.25, 0.3) is 11.7 Å². The van der Waals surface area contributed by atoms with Crippen LogP contribution in [0.15, 0.2) is 30.5 Å². The van der Waals surface area contributed by atoms with Gasteiger partial charge in [-0.25, -0.2) is 9.48 Å². The average Bonchev–Trinajstić information content (AvgIpc) is 3.79. The van der Waals surface area contributed by atoms with E-state index in [-0.39, 0.29) is 30.4 Å². The second-order valence-electron chi connectivity index (χ2n) is 17.3. The number of phenolic OH excluding ortho intramolecular Hbond substituents is 1. The van der Waals surface area contributed by atoms with Gasteiger partial charge in [-0.05, 0) is 56.4 Å². The number of aromatic nitrogens is 3. The Kier molecular flexibility index (Phi) is 18.0. The van der Waals surface area contributed by atoms with E-state index in [2.05, 4.69) is 27.0 Å². The number of aliphatic hydroxyl groups is 9. The topological polar surface area (TPSA) is 410 Å². The second kappa shape index (κ2) is 23.1. The van der Waals surface area contributed by atoms with E-state index in [0.29, 0.717) is 16.8 Å². The Bertz CT molecular complexity index is 2040. The van der Waals surface area contributed by atoms with Gasteiger partial charge in [0.2, 0.25) is 5.91 Å². The third-order valence-electron chi connectivity index (χ3n) is 12.4. The molecule has 3 saturated heterocycles. The molecule has 2 aromatic rings. The van der Waals surface area contributed by atoms with Crippen LogP contribution in [-0.2, 0) is 44.6 Å². The van der Waals surface area contributed by atoms with Gasteiger partial charge < -0.3 is 101 Å². The van der Waals surface area contributed by atoms with Gasteiger partial charge in [-0.1, -0.05) is 17.4 Å². The predicted molar refractivity (Wildman–Crippen MR) is 226 cm³/mol. The minimum Gasteiger partial charge on any atom is -0.507 e. The minimum absolute atomic E-state index is 0.0261. The number of hydrogen-bond donors (Lipinski definition) is 14. The zero-order valence-corrected chi connectivity index (χ0v) is 37.2. The summed E-state index contributed by atoms with van der Waals surface area (Å²) in [6, 6.07) is 1.10. The summed E-state index contributed by atoms with van der Waals surface area (Å²) in [4.78, 5) is 39.7. The first-order valence-electron chi connectivity index (χ1n) is 22.1. The summed E-state index contributed by atoms with van der Waals surface area (Å²) in [7, 11) is 0. The van der Waals surface area contributed by atoms with Gasteiger partial charge in [0.05, 0.1) is 43.8 Å². The highest BCUT2D eigenvalue weighted by atomic mass is 16.8. The quantitative estimate of drug-likeness (QED) is 0.0584. The molecular formula is C42H62N6O20. The molecule has 0 saturated carbocycles. The van der Waals surface area contributed by atoms with E-state index in [4.69, 9.17) is 34.2 Å². The number of aliphatic hydroxyl groups excluding tert-OH is 9. The first-order valence-corrected chi connectivity index (χ1v) is 22.1. The van der Waals surface area contributed by atoms with Crippen molar-refractivity contribution in [2.75, 3.05) is 32.9 Å². The lowest BCUT2D eigenvalue weighted by atomic mass is 9.88. The van der Waals surface area contributed by atoms with Gasteiger partial charge in [0.15, 0.2) is 12.6 Å². The Labute approximate surface area is 388 Å². The van der Waals surface area contributed by atoms with E-state index in [1.54, 1.807) is 20.0 Å². The van der Waals surface area contributed by atoms with Crippen LogP contribution in [0.4, 0.5) is 0 Å². The van der Waals surface area contributed by atoms with Crippen LogP contribution < -0.4 is 16.4 Å². The van der Waals surface area contributed by atoms with E-state index in [1.165, 1.54) is 16.8 Å². The van der Waals surface area contributed by atoms with Crippen molar-refractivity contribution in [2.45, 2.75) is 150 Å². The number of carbonyl (C=O) groups excluding carboxylic acids is 2. The molecule has 0 unspecified atom stereocenters. The molecule has 1 aliphatic carbocycles. The zero-order valence-electron chi connectivity index (χ0n) is 37.2. The van der Waals surface area contributed by atoms with E-state index < -0.39 is 148 Å². The van der Waals surface area contributed by atoms with E-state index in [0.717, 1.165) is 19.3 Å². The number of nitrogens with zero attached hydrogens (tertiary/aromatic N) is 3. The number of ether oxygens (including phenoxy) is 6. The minimum atomic E-state index is -2.97. The molecule has 3 aliphatic heterocycles. The van der Waals surface area contributed by atoms with Gasteiger partial charge >= 0.3 is 5.97 Å². The summed E-state index contributed by atoms with van der Waals surface area (Å²) >= 11 is 0. The van der Waals surface area contributed by atoms with Crippen LogP contribution in [0, 0.1) is 13.8 Å². The average molecular weight is 971 g/mol. The lowest BCUT2D eigenvalue weighted by molar-refractivity contribution is -0.367. The summed E-state index contributed by atoms with van der Waals surface area (Å²) in [5, 5.41) is 133. The van der Waals surface area contributed by atoms with Crippen LogP contribution in [0.25, 0.3) is 0 Å². The number of nitrogens with one attached hydrogen (secondary N) is 2. The van der Waals surface area contributed by atoms with Crippen molar-refractivity contribution in [3.63, 3.8) is 0 Å². The molecule has 1 aromatic carbocycles. The molecule has 4 heterocycles. The number of allylic oxidation sites excluding steroid dienone is 2. The fourth-order valence-corrected chi connectivity index (χ4v) is 8.54. The lowest BCUT2D eigenvalue weighted by Crippen LogP contribution is -2.69. The largest absolute Gasteiger partial charge is 0.507 e. The molecule has 17 atom stereocenters. The maximum atomic E-state index is 13.5. The van der Waals surface area contributed by atoms with Gasteiger partial charge in [-0.2, -0.15) is 0 Å². The zero-order chi connectivity index (χ0) is 49.6. The van der Waals surface area contributed by atoms with Crippen molar-refractivity contribution in [1.29, 1.82) is 0 Å². The fourth-order valence-electron chi connectivity index (χ4n) is 8.54. The van der Waals surface area contributed by atoms with Gasteiger partial charge in [-0.3, -0.25) is 9.59 Å². The Morgan fingerprint density at radius 1 is 0.971 bits per heavy atom. The molecular weight excluding hydrogens is 908 g/mol. The number of aliphatic carboxylic acids is 1. The first kappa shape index (κ1) is 53.0. The number of amides is 2. The third kappa shape index (κ3) is 12.0. The van der Waals surface area contributed by atoms with Crippen LogP contribution in [0.1, 0.15) is 58.8 Å². The molecule has 0 radical (unpaired) electrons. The number of aromatic hydroxyl groups is 1. The molecule has 4 aliphatic rings. The second-order valence-corrected chi connectivity index (χ2v) is 17.3. The summed E-state index contributed by atoms with van der Waals surface area (Å²) < 4.78 is 35.0. The Morgan fingerprint density at radius 2 is 1.66 bits per heavy atom. The van der Waals surface area contributed by atoms with E-state index in [9.17, 15) is 70.6 Å². The molecule has 0 bridgehead atoms. The predicted octanol–water partition coefficient (Wildman–Crippen LogP) is -5.38. The van der Waals surface area contributed by atoms with Crippen LogP contribution >= 0.6 is 0 Å². The molecule has 26 nitrogen and oxygen atoms in total. The van der Waals surface area contributed by atoms with Crippen molar-refractivity contribution in [2.24, 2.45) is 5.73 Å². The molecule has 2 amide bonds. The van der Waals surface area contributed by atoms with Gasteiger partial charge in [0, 0.05) is 37.2 Å². The monoisotopic (exact) mass is 970 g/mol. The number of carbonyl (C=O) groups is 3. The molecule has 1 aromatic heterocycles.